The highest BCUT2D eigenvalue weighted by Gasteiger charge is 2.66. The minimum Gasteiger partial charge on any atom is -0.414 e. The zero-order valence-electron chi connectivity index (χ0n) is 15.2. The Kier molecular flexibility index (Phi) is 5.17. The summed E-state index contributed by atoms with van der Waals surface area (Å²) in [5.41, 5.74) is 0. The van der Waals surface area contributed by atoms with Gasteiger partial charge in [0.15, 0.2) is 8.32 Å². The van der Waals surface area contributed by atoms with Crippen LogP contribution in [-0.2, 0) is 19.0 Å². The summed E-state index contributed by atoms with van der Waals surface area (Å²) in [6, 6.07) is 8.45. The fraction of sp³-hybridized carbons (Fsp3) is 0.556. The first-order valence-corrected chi connectivity index (χ1v) is 12.6. The number of ether oxygens (including phenoxy) is 1. The van der Waals surface area contributed by atoms with Crippen molar-refractivity contribution in [1.82, 2.24) is 0 Å². The molecule has 4 nitrogen and oxygen atoms in total. The van der Waals surface area contributed by atoms with Crippen LogP contribution >= 0.6 is 0 Å². The molecule has 0 spiro atoms. The summed E-state index contributed by atoms with van der Waals surface area (Å²) in [5.74, 6) is 0. The number of rotatable bonds is 7. The van der Waals surface area contributed by atoms with Gasteiger partial charge in [-0.1, -0.05) is 45.0 Å². The van der Waals surface area contributed by atoms with E-state index in [4.69, 9.17) is 9.16 Å². The number of epoxide rings is 1. The molecule has 1 heterocycles. The van der Waals surface area contributed by atoms with Crippen LogP contribution in [0.5, 0.6) is 0 Å². The molecule has 2 atom stereocenters. The third-order valence-electron chi connectivity index (χ3n) is 5.11. The Morgan fingerprint density at radius 2 is 1.88 bits per heavy atom. The van der Waals surface area contributed by atoms with Gasteiger partial charge in [0.05, 0.1) is 11.5 Å². The smallest absolute Gasteiger partial charge is 0.211 e. The van der Waals surface area contributed by atoms with Gasteiger partial charge in [0, 0.05) is 6.42 Å². The first-order chi connectivity index (χ1) is 11.0. The van der Waals surface area contributed by atoms with Crippen LogP contribution in [-0.4, -0.2) is 34.4 Å². The van der Waals surface area contributed by atoms with Gasteiger partial charge in [-0.05, 0) is 30.3 Å². The maximum absolute atomic E-state index is 13.0. The molecule has 1 saturated heterocycles. The maximum atomic E-state index is 13.0. The zero-order valence-corrected chi connectivity index (χ0v) is 17.0. The Balaban J connectivity index is 2.20. The molecule has 0 radical (unpaired) electrons. The fourth-order valence-electron chi connectivity index (χ4n) is 2.39. The first kappa shape index (κ1) is 19.4. The lowest BCUT2D eigenvalue weighted by atomic mass is 10.2. The van der Waals surface area contributed by atoms with Gasteiger partial charge in [-0.15, -0.1) is 6.58 Å². The molecule has 1 aromatic rings. The highest BCUT2D eigenvalue weighted by atomic mass is 32.2. The van der Waals surface area contributed by atoms with E-state index in [1.807, 2.05) is 0 Å². The number of sulfone groups is 1. The van der Waals surface area contributed by atoms with E-state index in [9.17, 15) is 8.42 Å². The molecular formula is C18H28O4SSi. The predicted molar refractivity (Wildman–Crippen MR) is 99.2 cm³/mol. The van der Waals surface area contributed by atoms with Crippen LogP contribution in [0.3, 0.4) is 0 Å². The van der Waals surface area contributed by atoms with Crippen LogP contribution in [0.2, 0.25) is 18.1 Å². The second-order valence-corrected chi connectivity index (χ2v) is 14.8. The standard InChI is InChI=1S/C18H28O4SSi/c1-7-13-18(23(19,20)15-11-9-8-10-12-15)16(22-18)14-21-24(5,6)17(2,3)4/h7-12,16H,1,13-14H2,2-6H3/t16-,18-/m1/s1. The Labute approximate surface area is 146 Å². The summed E-state index contributed by atoms with van der Waals surface area (Å²) < 4.78 is 37.9. The van der Waals surface area contributed by atoms with Crippen LogP contribution in [0.1, 0.15) is 27.2 Å². The van der Waals surface area contributed by atoms with Crippen molar-refractivity contribution in [1.29, 1.82) is 0 Å². The van der Waals surface area contributed by atoms with Crippen LogP contribution in [0.15, 0.2) is 47.9 Å². The quantitative estimate of drug-likeness (QED) is 0.412. The van der Waals surface area contributed by atoms with E-state index >= 15 is 0 Å². The van der Waals surface area contributed by atoms with Crippen molar-refractivity contribution in [2.75, 3.05) is 6.61 Å². The first-order valence-electron chi connectivity index (χ1n) is 8.20. The average Bonchev–Trinajstić information content (AvgIpc) is 3.20. The highest BCUT2D eigenvalue weighted by molar-refractivity contribution is 7.93. The van der Waals surface area contributed by atoms with E-state index in [-0.39, 0.29) is 16.4 Å². The van der Waals surface area contributed by atoms with Gasteiger partial charge in [0.2, 0.25) is 14.8 Å². The van der Waals surface area contributed by atoms with E-state index in [1.54, 1.807) is 36.4 Å². The predicted octanol–water partition coefficient (Wildman–Crippen LogP) is 4.15. The van der Waals surface area contributed by atoms with E-state index in [0.29, 0.717) is 6.61 Å². The molecule has 0 aromatic heterocycles. The molecule has 6 heteroatoms. The minimum absolute atomic E-state index is 0.0707. The molecule has 0 amide bonds. The summed E-state index contributed by atoms with van der Waals surface area (Å²) in [4.78, 5) is -0.958. The lowest BCUT2D eigenvalue weighted by Crippen LogP contribution is -2.42. The number of hydrogen-bond donors (Lipinski definition) is 0. The monoisotopic (exact) mass is 368 g/mol. The molecule has 0 saturated carbocycles. The van der Waals surface area contributed by atoms with Crippen molar-refractivity contribution >= 4 is 18.2 Å². The van der Waals surface area contributed by atoms with Gasteiger partial charge in [-0.2, -0.15) is 0 Å². The molecule has 0 unspecified atom stereocenters. The van der Waals surface area contributed by atoms with Crippen molar-refractivity contribution < 1.29 is 17.6 Å². The van der Waals surface area contributed by atoms with Gasteiger partial charge >= 0.3 is 0 Å². The molecule has 0 aliphatic carbocycles. The second-order valence-electron chi connectivity index (χ2n) is 7.80. The van der Waals surface area contributed by atoms with Crippen LogP contribution in [0, 0.1) is 0 Å². The molecule has 1 fully saturated rings. The van der Waals surface area contributed by atoms with Crippen molar-refractivity contribution in [2.24, 2.45) is 0 Å². The van der Waals surface area contributed by atoms with Gasteiger partial charge in [-0.25, -0.2) is 8.42 Å². The lowest BCUT2D eigenvalue weighted by Gasteiger charge is -2.36. The van der Waals surface area contributed by atoms with Crippen LogP contribution < -0.4 is 0 Å². The Morgan fingerprint density at radius 3 is 2.38 bits per heavy atom. The summed E-state index contributed by atoms with van der Waals surface area (Å²) >= 11 is 0. The molecule has 24 heavy (non-hydrogen) atoms. The van der Waals surface area contributed by atoms with Crippen molar-refractivity contribution in [3.8, 4) is 0 Å². The normalized spacial score (nSPS) is 24.6. The number of benzene rings is 1. The fourth-order valence-corrected chi connectivity index (χ4v) is 5.30. The minimum atomic E-state index is -3.60. The molecule has 1 aliphatic rings. The Morgan fingerprint density at radius 1 is 1.29 bits per heavy atom. The molecule has 0 bridgehead atoms. The maximum Gasteiger partial charge on any atom is 0.211 e. The van der Waals surface area contributed by atoms with E-state index < -0.39 is 29.2 Å². The zero-order chi connectivity index (χ0) is 18.2. The van der Waals surface area contributed by atoms with Gasteiger partial charge in [0.1, 0.15) is 6.10 Å². The third-order valence-corrected chi connectivity index (χ3v) is 11.9. The average molecular weight is 369 g/mol. The number of hydrogen-bond acceptors (Lipinski definition) is 4. The molecule has 2 rings (SSSR count). The van der Waals surface area contributed by atoms with Crippen LogP contribution in [0.4, 0.5) is 0 Å². The summed E-state index contributed by atoms with van der Waals surface area (Å²) in [5, 5.41) is 0.0707. The lowest BCUT2D eigenvalue weighted by molar-refractivity contribution is 0.240. The topological polar surface area (TPSA) is 55.9 Å². The largest absolute Gasteiger partial charge is 0.414 e. The molecule has 0 N–H and O–H groups in total. The highest BCUT2D eigenvalue weighted by Crippen LogP contribution is 2.49. The SMILES string of the molecule is C=CC[C@]1(S(=O)(=O)c2ccccc2)O[C@@H]1CO[Si](C)(C)C(C)(C)C. The van der Waals surface area contributed by atoms with E-state index in [1.165, 1.54) is 0 Å². The van der Waals surface area contributed by atoms with Gasteiger partial charge in [-0.3, -0.25) is 0 Å². The summed E-state index contributed by atoms with van der Waals surface area (Å²) in [7, 11) is -5.55. The van der Waals surface area contributed by atoms with Gasteiger partial charge < -0.3 is 9.16 Å². The molecule has 1 aliphatic heterocycles. The summed E-state index contributed by atoms with van der Waals surface area (Å²) in [6.45, 7) is 14.8. The van der Waals surface area contributed by atoms with Crippen molar-refractivity contribution in [3.63, 3.8) is 0 Å². The summed E-state index contributed by atoms with van der Waals surface area (Å²) in [6.07, 6.45) is 1.41. The van der Waals surface area contributed by atoms with E-state index in [2.05, 4.69) is 40.4 Å². The molecule has 134 valence electrons. The molecular weight excluding hydrogens is 340 g/mol. The second kappa shape index (κ2) is 6.41. The third kappa shape index (κ3) is 3.38. The van der Waals surface area contributed by atoms with E-state index in [0.717, 1.165) is 0 Å². The van der Waals surface area contributed by atoms with Crippen molar-refractivity contribution in [2.45, 2.75) is 61.3 Å². The van der Waals surface area contributed by atoms with Gasteiger partial charge in [0.25, 0.3) is 0 Å². The molecule has 1 aromatic carbocycles. The van der Waals surface area contributed by atoms with Crippen molar-refractivity contribution in [3.05, 3.63) is 43.0 Å². The van der Waals surface area contributed by atoms with Crippen LogP contribution in [0.25, 0.3) is 0 Å². The Bertz CT molecular complexity index is 691. The Hall–Kier alpha value is -0.953.